The van der Waals surface area contributed by atoms with Crippen molar-refractivity contribution >= 4 is 30.0 Å². The third-order valence-electron chi connectivity index (χ3n) is 6.90. The molecule has 0 aliphatic carbocycles. The summed E-state index contributed by atoms with van der Waals surface area (Å²) in [5.41, 5.74) is 0. The second-order valence-electron chi connectivity index (χ2n) is 9.62. The number of nitrogens with one attached hydrogen (secondary N) is 8. The van der Waals surface area contributed by atoms with Crippen molar-refractivity contribution in [2.75, 3.05) is 32.9 Å². The number of aliphatic hydroxyl groups excluding tert-OH is 7. The van der Waals surface area contributed by atoms with E-state index in [4.69, 9.17) is 15.6 Å². The van der Waals surface area contributed by atoms with Gasteiger partial charge in [-0.2, -0.15) is 0 Å². The Labute approximate surface area is 233 Å². The molecule has 4 unspecified atom stereocenters. The predicted octanol–water partition coefficient (Wildman–Crippen LogP) is -9.17. The molecule has 0 spiro atoms. The van der Waals surface area contributed by atoms with E-state index >= 15 is 0 Å². The topological polar surface area (TPSA) is 325 Å². The lowest BCUT2D eigenvalue weighted by molar-refractivity contribution is -0.260. The van der Waals surface area contributed by atoms with Crippen molar-refractivity contribution in [2.24, 2.45) is 0 Å². The number of hydrogen-bond acceptors (Lipinski definition) is 14. The standard InChI is InChI=1S/C21H36N9O11/c22-20-24-2-11(28-20)27-8(5-33)17(39)29-12(18(40)26-7(3-31)4-32)13(35)9-1-25-21(23)30(9)19-16(38)15(37)14(36)10(6-34)41-19/h7-16,19,27,31,33-38H,1-3,5-6H2,(H2,23,25)(H,26,40)(H,29,39)(H3,22,24,28)/t7-,8-,9?,10+,11?,12+,13?,14+,15-,16-,19?/m0/s1. The van der Waals surface area contributed by atoms with Crippen LogP contribution in [0.25, 0.3) is 0 Å². The van der Waals surface area contributed by atoms with Crippen LogP contribution in [0, 0.1) is 10.8 Å². The smallest absolute Gasteiger partial charge is 0.246 e. The molecule has 20 heteroatoms. The highest BCUT2D eigenvalue weighted by molar-refractivity contribution is 5.92. The van der Waals surface area contributed by atoms with Crippen LogP contribution in [0.3, 0.4) is 0 Å². The van der Waals surface area contributed by atoms with Gasteiger partial charge in [0.15, 0.2) is 18.1 Å². The van der Waals surface area contributed by atoms with E-state index < -0.39 is 105 Å². The summed E-state index contributed by atoms with van der Waals surface area (Å²) in [6.07, 6.45) is -9.52. The molecule has 3 saturated heterocycles. The molecule has 15 N–H and O–H groups in total. The molecule has 3 heterocycles. The average Bonchev–Trinajstić information content (AvgIpc) is 3.56. The van der Waals surface area contributed by atoms with Crippen molar-refractivity contribution in [3.8, 4) is 0 Å². The highest BCUT2D eigenvalue weighted by Crippen LogP contribution is 2.28. The molecule has 0 bridgehead atoms. The quantitative estimate of drug-likeness (QED) is 0.0946. The molecule has 41 heavy (non-hydrogen) atoms. The van der Waals surface area contributed by atoms with Gasteiger partial charge in [0, 0.05) is 6.54 Å². The summed E-state index contributed by atoms with van der Waals surface area (Å²) in [6, 6.07) is -6.09. The molecule has 3 rings (SSSR count). The van der Waals surface area contributed by atoms with Gasteiger partial charge in [-0.15, -0.1) is 0 Å². The van der Waals surface area contributed by atoms with E-state index in [1.54, 1.807) is 0 Å². The molecule has 3 aliphatic heterocycles. The first kappa shape index (κ1) is 32.3. The third kappa shape index (κ3) is 7.17. The maximum atomic E-state index is 13.1. The number of hydrogen-bond donors (Lipinski definition) is 15. The fourth-order valence-electron chi connectivity index (χ4n) is 4.66. The zero-order chi connectivity index (χ0) is 30.4. The number of aliphatic hydroxyl groups is 7. The third-order valence-corrected chi connectivity index (χ3v) is 6.90. The Bertz CT molecular complexity index is 975. The van der Waals surface area contributed by atoms with Crippen molar-refractivity contribution in [2.45, 2.75) is 67.1 Å². The second kappa shape index (κ2) is 14.1. The molecule has 0 aromatic carbocycles. The van der Waals surface area contributed by atoms with Crippen LogP contribution >= 0.6 is 0 Å². The van der Waals surface area contributed by atoms with Crippen molar-refractivity contribution in [1.82, 2.24) is 36.8 Å². The largest absolute Gasteiger partial charge is 0.394 e. The highest BCUT2D eigenvalue weighted by atomic mass is 16.6. The molecule has 1 radical (unpaired) electrons. The Morgan fingerprint density at radius 1 is 1.02 bits per heavy atom. The number of carbonyl (C=O) groups is 2. The molecule has 11 atom stereocenters. The number of nitrogens with zero attached hydrogens (tertiary/aromatic N) is 1. The number of amides is 2. The van der Waals surface area contributed by atoms with E-state index in [0.29, 0.717) is 0 Å². The van der Waals surface area contributed by atoms with Gasteiger partial charge in [0.2, 0.25) is 18.1 Å². The Morgan fingerprint density at radius 3 is 2.29 bits per heavy atom. The van der Waals surface area contributed by atoms with E-state index in [2.05, 4.69) is 31.9 Å². The highest BCUT2D eigenvalue weighted by Gasteiger charge is 2.52. The zero-order valence-electron chi connectivity index (χ0n) is 21.6. The van der Waals surface area contributed by atoms with Gasteiger partial charge in [-0.3, -0.25) is 30.5 Å². The first-order valence-electron chi connectivity index (χ1n) is 12.6. The van der Waals surface area contributed by atoms with Gasteiger partial charge in [-0.1, -0.05) is 0 Å². The monoisotopic (exact) mass is 590 g/mol. The van der Waals surface area contributed by atoms with Crippen LogP contribution in [0.1, 0.15) is 0 Å². The summed E-state index contributed by atoms with van der Waals surface area (Å²) in [5, 5.41) is 102. The first-order valence-corrected chi connectivity index (χ1v) is 12.6. The fourth-order valence-corrected chi connectivity index (χ4v) is 4.66. The maximum absolute atomic E-state index is 13.1. The van der Waals surface area contributed by atoms with Gasteiger partial charge in [-0.25, -0.2) is 0 Å². The van der Waals surface area contributed by atoms with Gasteiger partial charge in [0.1, 0.15) is 48.6 Å². The van der Waals surface area contributed by atoms with Crippen LogP contribution < -0.4 is 31.9 Å². The Balaban J connectivity index is 1.86. The normalized spacial score (nSPS) is 32.7. The lowest BCUT2D eigenvalue weighted by Crippen LogP contribution is -2.68. The molecule has 3 aliphatic rings. The average molecular weight is 591 g/mol. The summed E-state index contributed by atoms with van der Waals surface area (Å²) in [4.78, 5) is 38.3. The first-order chi connectivity index (χ1) is 19.5. The van der Waals surface area contributed by atoms with Crippen LogP contribution in [0.2, 0.25) is 0 Å². The van der Waals surface area contributed by atoms with Gasteiger partial charge < -0.3 is 72.0 Å². The number of ether oxygens (including phenoxy) is 1. The molecule has 20 nitrogen and oxygen atoms in total. The molecular weight excluding hydrogens is 554 g/mol. The van der Waals surface area contributed by atoms with Crippen molar-refractivity contribution in [3.05, 3.63) is 0 Å². The maximum Gasteiger partial charge on any atom is 0.246 e. The van der Waals surface area contributed by atoms with Crippen LogP contribution in [0.4, 0.5) is 0 Å². The van der Waals surface area contributed by atoms with E-state index in [0.717, 1.165) is 4.90 Å². The molecule has 2 amide bonds. The van der Waals surface area contributed by atoms with Crippen molar-refractivity contribution in [3.63, 3.8) is 0 Å². The van der Waals surface area contributed by atoms with E-state index in [-0.39, 0.29) is 19.0 Å². The SMILES string of the molecule is N=C1NCC(N[C@@H](CO)C(=O)N[C@@H](C(=O)N[C@H]([C]=O)CO)C(O)C2CNC(=N)N2C2O[C@H](CO)[C@@H](O)[C@H](O)[C@@H]2O)N1. The minimum absolute atomic E-state index is 0.0306. The molecule has 231 valence electrons. The molecule has 3 fully saturated rings. The van der Waals surface area contributed by atoms with Crippen LogP contribution in [-0.2, 0) is 19.1 Å². The van der Waals surface area contributed by atoms with Gasteiger partial charge in [-0.05, 0) is 0 Å². The molecule has 0 aromatic heterocycles. The Kier molecular flexibility index (Phi) is 11.1. The number of carbonyl (C=O) groups excluding carboxylic acids is 3. The van der Waals surface area contributed by atoms with Crippen molar-refractivity contribution < 1.29 is 54.9 Å². The molecule has 0 aromatic rings. The summed E-state index contributed by atoms with van der Waals surface area (Å²) in [6.45, 7) is -2.46. The number of guanidine groups is 2. The summed E-state index contributed by atoms with van der Waals surface area (Å²) in [7, 11) is 0. The predicted molar refractivity (Wildman–Crippen MR) is 134 cm³/mol. The summed E-state index contributed by atoms with van der Waals surface area (Å²) in [5.74, 6) is -2.60. The van der Waals surface area contributed by atoms with Crippen molar-refractivity contribution in [1.29, 1.82) is 10.8 Å². The van der Waals surface area contributed by atoms with E-state index in [1.165, 1.54) is 6.29 Å². The lowest BCUT2D eigenvalue weighted by Gasteiger charge is -2.46. The van der Waals surface area contributed by atoms with E-state index in [1.807, 2.05) is 0 Å². The second-order valence-corrected chi connectivity index (χ2v) is 9.62. The zero-order valence-corrected chi connectivity index (χ0v) is 21.6. The van der Waals surface area contributed by atoms with Gasteiger partial charge in [0.25, 0.3) is 0 Å². The van der Waals surface area contributed by atoms with Crippen LogP contribution in [0.5, 0.6) is 0 Å². The Morgan fingerprint density at radius 2 is 1.73 bits per heavy atom. The molecule has 0 saturated carbocycles. The lowest BCUT2D eigenvalue weighted by atomic mass is 9.95. The molecular formula is C21H36N9O11. The fraction of sp³-hybridized carbons (Fsp3) is 0.762. The summed E-state index contributed by atoms with van der Waals surface area (Å²) >= 11 is 0. The van der Waals surface area contributed by atoms with Crippen LogP contribution in [-0.4, -0.2) is 171 Å². The van der Waals surface area contributed by atoms with E-state index in [9.17, 15) is 50.1 Å². The minimum Gasteiger partial charge on any atom is -0.394 e. The van der Waals surface area contributed by atoms with Gasteiger partial charge in [0.05, 0.1) is 38.6 Å². The van der Waals surface area contributed by atoms with Crippen LogP contribution in [0.15, 0.2) is 0 Å². The van der Waals surface area contributed by atoms with Gasteiger partial charge >= 0.3 is 0 Å². The Hall–Kier alpha value is -3.21. The summed E-state index contributed by atoms with van der Waals surface area (Å²) < 4.78 is 5.50. The number of rotatable bonds is 13. The minimum atomic E-state index is -1.92.